The van der Waals surface area contributed by atoms with Crippen LogP contribution in [0, 0.1) is 5.92 Å². The van der Waals surface area contributed by atoms with E-state index in [1.807, 2.05) is 30.3 Å². The standard InChI is InChI=1S/C23H27N3O4/c1-25(23(28)17-6-3-4-7-17)15-22(27)26-20(21-8-5-13-30-21)14-19(24-26)16-9-11-18(29-2)12-10-16/h5,8-13,17,20H,3-4,6-7,14-15H2,1-2H3/t20-/m0/s1. The molecule has 0 radical (unpaired) electrons. The molecular formula is C23H27N3O4. The Morgan fingerprint density at radius 1 is 1.20 bits per heavy atom. The molecule has 0 saturated heterocycles. The van der Waals surface area contributed by atoms with Gasteiger partial charge in [0.1, 0.15) is 24.1 Å². The minimum Gasteiger partial charge on any atom is -0.497 e. The Bertz CT molecular complexity index is 914. The van der Waals surface area contributed by atoms with Crippen LogP contribution in [0.3, 0.4) is 0 Å². The molecule has 1 fully saturated rings. The summed E-state index contributed by atoms with van der Waals surface area (Å²) >= 11 is 0. The summed E-state index contributed by atoms with van der Waals surface area (Å²) in [6, 6.07) is 10.9. The molecular weight excluding hydrogens is 382 g/mol. The first-order valence-electron chi connectivity index (χ1n) is 10.4. The number of methoxy groups -OCH3 is 1. The van der Waals surface area contributed by atoms with Gasteiger partial charge in [0.25, 0.3) is 5.91 Å². The average molecular weight is 409 g/mol. The Kier molecular flexibility index (Phi) is 5.88. The predicted octanol–water partition coefficient (Wildman–Crippen LogP) is 3.61. The van der Waals surface area contributed by atoms with E-state index < -0.39 is 0 Å². The van der Waals surface area contributed by atoms with Gasteiger partial charge in [-0.15, -0.1) is 0 Å². The van der Waals surface area contributed by atoms with Crippen molar-refractivity contribution in [1.29, 1.82) is 0 Å². The molecule has 2 aromatic rings. The zero-order valence-electron chi connectivity index (χ0n) is 17.4. The van der Waals surface area contributed by atoms with Gasteiger partial charge >= 0.3 is 0 Å². The van der Waals surface area contributed by atoms with Crippen LogP contribution in [0.4, 0.5) is 0 Å². The van der Waals surface area contributed by atoms with Crippen LogP contribution in [0.1, 0.15) is 49.5 Å². The lowest BCUT2D eigenvalue weighted by Gasteiger charge is -2.25. The van der Waals surface area contributed by atoms with Gasteiger partial charge in [-0.2, -0.15) is 5.10 Å². The quantitative estimate of drug-likeness (QED) is 0.730. The normalized spacial score (nSPS) is 19.1. The maximum Gasteiger partial charge on any atom is 0.262 e. The van der Waals surface area contributed by atoms with E-state index in [4.69, 9.17) is 9.15 Å². The van der Waals surface area contributed by atoms with E-state index in [1.54, 1.807) is 31.4 Å². The van der Waals surface area contributed by atoms with Gasteiger partial charge in [-0.25, -0.2) is 5.01 Å². The highest BCUT2D eigenvalue weighted by Crippen LogP contribution is 2.33. The van der Waals surface area contributed by atoms with E-state index in [-0.39, 0.29) is 30.3 Å². The van der Waals surface area contributed by atoms with Crippen molar-refractivity contribution < 1.29 is 18.7 Å². The van der Waals surface area contributed by atoms with Crippen molar-refractivity contribution in [3.05, 3.63) is 54.0 Å². The van der Waals surface area contributed by atoms with Crippen LogP contribution in [0.15, 0.2) is 52.2 Å². The zero-order chi connectivity index (χ0) is 21.1. The van der Waals surface area contributed by atoms with Crippen molar-refractivity contribution in [3.8, 4) is 5.75 Å². The Balaban J connectivity index is 1.53. The van der Waals surface area contributed by atoms with Crippen molar-refractivity contribution in [2.45, 2.75) is 38.1 Å². The smallest absolute Gasteiger partial charge is 0.262 e. The number of ether oxygens (including phenoxy) is 1. The number of hydrogen-bond acceptors (Lipinski definition) is 5. The van der Waals surface area contributed by atoms with E-state index >= 15 is 0 Å². The fourth-order valence-electron chi connectivity index (χ4n) is 4.24. The monoisotopic (exact) mass is 409 g/mol. The highest BCUT2D eigenvalue weighted by Gasteiger charge is 2.36. The van der Waals surface area contributed by atoms with Crippen LogP contribution in [0.5, 0.6) is 5.75 Å². The lowest BCUT2D eigenvalue weighted by Crippen LogP contribution is -2.41. The molecule has 2 amide bonds. The molecule has 2 heterocycles. The van der Waals surface area contributed by atoms with Gasteiger partial charge in [-0.1, -0.05) is 12.8 Å². The van der Waals surface area contributed by atoms with Crippen LogP contribution < -0.4 is 4.74 Å². The van der Waals surface area contributed by atoms with Gasteiger partial charge in [-0.05, 0) is 54.8 Å². The summed E-state index contributed by atoms with van der Waals surface area (Å²) in [6.07, 6.45) is 6.14. The van der Waals surface area contributed by atoms with Crippen LogP contribution in [0.25, 0.3) is 0 Å². The molecule has 0 unspecified atom stereocenters. The Hall–Kier alpha value is -3.09. The number of hydrogen-bond donors (Lipinski definition) is 0. The van der Waals surface area contributed by atoms with E-state index in [0.717, 1.165) is 42.7 Å². The summed E-state index contributed by atoms with van der Waals surface area (Å²) in [7, 11) is 3.32. The van der Waals surface area contributed by atoms with Crippen molar-refractivity contribution in [3.63, 3.8) is 0 Å². The molecule has 7 heteroatoms. The second-order valence-corrected chi connectivity index (χ2v) is 7.92. The molecule has 2 aliphatic rings. The molecule has 7 nitrogen and oxygen atoms in total. The number of benzene rings is 1. The van der Waals surface area contributed by atoms with Gasteiger partial charge < -0.3 is 14.1 Å². The lowest BCUT2D eigenvalue weighted by molar-refractivity contribution is -0.142. The number of carbonyl (C=O) groups excluding carboxylic acids is 2. The Labute approximate surface area is 176 Å². The second kappa shape index (κ2) is 8.73. The molecule has 1 aromatic carbocycles. The summed E-state index contributed by atoms with van der Waals surface area (Å²) < 4.78 is 10.8. The predicted molar refractivity (Wildman–Crippen MR) is 112 cm³/mol. The minimum absolute atomic E-state index is 0.00589. The molecule has 1 aromatic heterocycles. The highest BCUT2D eigenvalue weighted by molar-refractivity contribution is 6.03. The number of amides is 2. The van der Waals surface area contributed by atoms with Gasteiger partial charge in [0.05, 0.1) is 19.1 Å². The minimum atomic E-state index is -0.320. The molecule has 30 heavy (non-hydrogen) atoms. The highest BCUT2D eigenvalue weighted by atomic mass is 16.5. The van der Waals surface area contributed by atoms with Gasteiger partial charge in [-0.3, -0.25) is 9.59 Å². The lowest BCUT2D eigenvalue weighted by atomic mass is 10.0. The summed E-state index contributed by atoms with van der Waals surface area (Å²) in [5, 5.41) is 6.09. The number of nitrogens with zero attached hydrogens (tertiary/aromatic N) is 3. The van der Waals surface area contributed by atoms with Gasteiger partial charge in [0.2, 0.25) is 5.91 Å². The maximum absolute atomic E-state index is 13.1. The number of carbonyl (C=O) groups is 2. The van der Waals surface area contributed by atoms with Gasteiger partial charge in [0, 0.05) is 19.4 Å². The summed E-state index contributed by atoms with van der Waals surface area (Å²) in [6.45, 7) is 0.00589. The first-order valence-corrected chi connectivity index (χ1v) is 10.4. The fourth-order valence-corrected chi connectivity index (χ4v) is 4.24. The third kappa shape index (κ3) is 4.10. The van der Waals surface area contributed by atoms with Crippen LogP contribution in [0.2, 0.25) is 0 Å². The molecule has 0 N–H and O–H groups in total. The summed E-state index contributed by atoms with van der Waals surface area (Å²) in [5.41, 5.74) is 1.73. The molecule has 1 aliphatic carbocycles. The third-order valence-electron chi connectivity index (χ3n) is 5.91. The first-order chi connectivity index (χ1) is 14.6. The molecule has 1 atom stereocenters. The fraction of sp³-hybridized carbons (Fsp3) is 0.435. The van der Waals surface area contributed by atoms with E-state index in [0.29, 0.717) is 12.2 Å². The molecule has 0 spiro atoms. The Morgan fingerprint density at radius 2 is 1.93 bits per heavy atom. The molecule has 1 saturated carbocycles. The topological polar surface area (TPSA) is 75.3 Å². The number of hydrazone groups is 1. The second-order valence-electron chi connectivity index (χ2n) is 7.92. The van der Waals surface area contributed by atoms with Crippen molar-refractivity contribution in [2.24, 2.45) is 11.0 Å². The molecule has 0 bridgehead atoms. The SMILES string of the molecule is COc1ccc(C2=NN(C(=O)CN(C)C(=O)C3CCCC3)[C@H](c3ccco3)C2)cc1. The van der Waals surface area contributed by atoms with Crippen LogP contribution >= 0.6 is 0 Å². The zero-order valence-corrected chi connectivity index (χ0v) is 17.4. The maximum atomic E-state index is 13.1. The number of likely N-dealkylation sites (N-methyl/N-ethyl adjacent to an activating group) is 1. The van der Waals surface area contributed by atoms with E-state index in [2.05, 4.69) is 5.10 Å². The van der Waals surface area contributed by atoms with E-state index in [1.165, 1.54) is 5.01 Å². The van der Waals surface area contributed by atoms with Crippen LogP contribution in [-0.4, -0.2) is 48.1 Å². The van der Waals surface area contributed by atoms with Gasteiger partial charge in [0.15, 0.2) is 0 Å². The van der Waals surface area contributed by atoms with Crippen molar-refractivity contribution in [1.82, 2.24) is 9.91 Å². The van der Waals surface area contributed by atoms with Crippen molar-refractivity contribution in [2.75, 3.05) is 20.7 Å². The summed E-state index contributed by atoms with van der Waals surface area (Å²) in [4.78, 5) is 27.3. The molecule has 1 aliphatic heterocycles. The Morgan fingerprint density at radius 3 is 2.57 bits per heavy atom. The largest absolute Gasteiger partial charge is 0.497 e. The molecule has 4 rings (SSSR count). The van der Waals surface area contributed by atoms with Crippen LogP contribution in [-0.2, 0) is 9.59 Å². The van der Waals surface area contributed by atoms with Crippen molar-refractivity contribution >= 4 is 17.5 Å². The summed E-state index contributed by atoms with van der Waals surface area (Å²) in [5.74, 6) is 1.32. The first kappa shape index (κ1) is 20.2. The average Bonchev–Trinajstić information content (AvgIpc) is 3.54. The third-order valence-corrected chi connectivity index (χ3v) is 5.91. The number of furan rings is 1. The molecule has 158 valence electrons. The van der Waals surface area contributed by atoms with E-state index in [9.17, 15) is 9.59 Å². The number of rotatable bonds is 6.